The SMILES string of the molecule is NCc1c(F)ccc(S(=O)(=O)NCCc2ncno2)c1F. The van der Waals surface area contributed by atoms with E-state index in [9.17, 15) is 17.2 Å². The largest absolute Gasteiger partial charge is 0.340 e. The van der Waals surface area contributed by atoms with Gasteiger partial charge in [0.2, 0.25) is 15.9 Å². The van der Waals surface area contributed by atoms with Gasteiger partial charge in [0, 0.05) is 25.1 Å². The van der Waals surface area contributed by atoms with Crippen molar-refractivity contribution in [1.29, 1.82) is 0 Å². The average molecular weight is 318 g/mol. The fourth-order valence-electron chi connectivity index (χ4n) is 1.65. The molecule has 0 aliphatic rings. The van der Waals surface area contributed by atoms with Crippen LogP contribution >= 0.6 is 0 Å². The molecular weight excluding hydrogens is 306 g/mol. The van der Waals surface area contributed by atoms with Crippen LogP contribution in [0.4, 0.5) is 8.78 Å². The third kappa shape index (κ3) is 3.40. The van der Waals surface area contributed by atoms with E-state index < -0.39 is 38.7 Å². The number of hydrogen-bond acceptors (Lipinski definition) is 6. The van der Waals surface area contributed by atoms with Gasteiger partial charge < -0.3 is 10.3 Å². The van der Waals surface area contributed by atoms with E-state index in [-0.39, 0.29) is 18.9 Å². The van der Waals surface area contributed by atoms with Gasteiger partial charge in [-0.25, -0.2) is 21.9 Å². The molecule has 114 valence electrons. The molecule has 1 aromatic carbocycles. The second-order valence-electron chi connectivity index (χ2n) is 4.02. The molecule has 21 heavy (non-hydrogen) atoms. The Hall–Kier alpha value is -1.91. The van der Waals surface area contributed by atoms with Crippen molar-refractivity contribution >= 4 is 10.0 Å². The lowest BCUT2D eigenvalue weighted by Gasteiger charge is -2.09. The van der Waals surface area contributed by atoms with E-state index in [4.69, 9.17) is 10.3 Å². The first-order valence-corrected chi connectivity index (χ1v) is 7.36. The van der Waals surface area contributed by atoms with Crippen molar-refractivity contribution in [1.82, 2.24) is 14.9 Å². The molecule has 0 saturated heterocycles. The van der Waals surface area contributed by atoms with Crippen LogP contribution in [-0.2, 0) is 23.0 Å². The fourth-order valence-corrected chi connectivity index (χ4v) is 2.78. The number of nitrogens with zero attached hydrogens (tertiary/aromatic N) is 2. The molecule has 2 aromatic rings. The standard InChI is InChI=1S/C11H12F2N4O3S/c12-8-1-2-9(11(13)7(8)5-14)21(18,19)17-4-3-10-15-6-16-20-10/h1-2,6,17H,3-5,14H2. The van der Waals surface area contributed by atoms with Crippen LogP contribution in [0, 0.1) is 11.6 Å². The molecule has 0 bridgehead atoms. The molecule has 0 spiro atoms. The average Bonchev–Trinajstić information content (AvgIpc) is 2.92. The Morgan fingerprint density at radius 2 is 2.10 bits per heavy atom. The minimum atomic E-state index is -4.13. The molecule has 0 unspecified atom stereocenters. The molecule has 0 fully saturated rings. The number of benzene rings is 1. The van der Waals surface area contributed by atoms with E-state index in [1.165, 1.54) is 6.33 Å². The van der Waals surface area contributed by atoms with Gasteiger partial charge in [-0.05, 0) is 12.1 Å². The van der Waals surface area contributed by atoms with Crippen molar-refractivity contribution in [3.05, 3.63) is 41.5 Å². The highest BCUT2D eigenvalue weighted by molar-refractivity contribution is 7.89. The van der Waals surface area contributed by atoms with Crippen molar-refractivity contribution in [2.45, 2.75) is 17.9 Å². The zero-order chi connectivity index (χ0) is 15.5. The molecule has 1 aromatic heterocycles. The Morgan fingerprint density at radius 1 is 1.33 bits per heavy atom. The number of rotatable bonds is 6. The third-order valence-corrected chi connectivity index (χ3v) is 4.16. The van der Waals surface area contributed by atoms with Crippen LogP contribution < -0.4 is 10.5 Å². The third-order valence-electron chi connectivity index (χ3n) is 2.68. The molecular formula is C11H12F2N4O3S. The first kappa shape index (κ1) is 15.5. The maximum absolute atomic E-state index is 13.9. The molecule has 0 amide bonds. The van der Waals surface area contributed by atoms with E-state index in [2.05, 4.69) is 14.9 Å². The lowest BCUT2D eigenvalue weighted by Crippen LogP contribution is -2.27. The summed E-state index contributed by atoms with van der Waals surface area (Å²) in [6.45, 7) is -0.512. The second kappa shape index (κ2) is 6.24. The van der Waals surface area contributed by atoms with Gasteiger partial charge in [0.05, 0.1) is 0 Å². The normalized spacial score (nSPS) is 11.8. The van der Waals surface area contributed by atoms with E-state index in [0.29, 0.717) is 0 Å². The van der Waals surface area contributed by atoms with Crippen LogP contribution in [-0.4, -0.2) is 25.1 Å². The van der Waals surface area contributed by atoms with E-state index in [1.54, 1.807) is 0 Å². The van der Waals surface area contributed by atoms with E-state index >= 15 is 0 Å². The summed E-state index contributed by atoms with van der Waals surface area (Å²) in [4.78, 5) is 3.05. The zero-order valence-corrected chi connectivity index (χ0v) is 11.5. The molecule has 10 heteroatoms. The van der Waals surface area contributed by atoms with Gasteiger partial charge in [-0.15, -0.1) is 0 Å². The van der Waals surface area contributed by atoms with Crippen LogP contribution in [0.25, 0.3) is 0 Å². The maximum atomic E-state index is 13.9. The smallest absolute Gasteiger partial charge is 0.243 e. The molecule has 3 N–H and O–H groups in total. The van der Waals surface area contributed by atoms with Gasteiger partial charge in [-0.3, -0.25) is 0 Å². The summed E-state index contributed by atoms with van der Waals surface area (Å²) in [6, 6.07) is 1.71. The Balaban J connectivity index is 2.16. The monoisotopic (exact) mass is 318 g/mol. The first-order valence-electron chi connectivity index (χ1n) is 5.88. The minimum absolute atomic E-state index is 0.0701. The van der Waals surface area contributed by atoms with Crippen LogP contribution in [0.2, 0.25) is 0 Å². The number of hydrogen-bond donors (Lipinski definition) is 2. The number of nitrogens with two attached hydrogens (primary N) is 1. The van der Waals surface area contributed by atoms with E-state index in [0.717, 1.165) is 12.1 Å². The minimum Gasteiger partial charge on any atom is -0.340 e. The van der Waals surface area contributed by atoms with Crippen LogP contribution in [0.15, 0.2) is 27.9 Å². The first-order chi connectivity index (χ1) is 9.95. The van der Waals surface area contributed by atoms with Gasteiger partial charge >= 0.3 is 0 Å². The summed E-state index contributed by atoms with van der Waals surface area (Å²) in [6.07, 6.45) is 1.32. The van der Waals surface area contributed by atoms with Crippen molar-refractivity contribution in [3.63, 3.8) is 0 Å². The van der Waals surface area contributed by atoms with Crippen LogP contribution in [0.3, 0.4) is 0 Å². The summed E-state index contributed by atoms with van der Waals surface area (Å²) in [7, 11) is -4.13. The highest BCUT2D eigenvalue weighted by atomic mass is 32.2. The predicted molar refractivity (Wildman–Crippen MR) is 67.4 cm³/mol. The summed E-state index contributed by atoms with van der Waals surface area (Å²) in [5.41, 5.74) is 4.73. The number of halogens is 2. The Labute approximate surface area is 119 Å². The lowest BCUT2D eigenvalue weighted by molar-refractivity contribution is 0.377. The molecule has 7 nitrogen and oxygen atoms in total. The van der Waals surface area contributed by atoms with Gasteiger partial charge in [0.1, 0.15) is 10.7 Å². The van der Waals surface area contributed by atoms with Gasteiger partial charge in [0.25, 0.3) is 0 Å². The van der Waals surface area contributed by atoms with Gasteiger partial charge in [0.15, 0.2) is 12.1 Å². The maximum Gasteiger partial charge on any atom is 0.243 e. The highest BCUT2D eigenvalue weighted by Crippen LogP contribution is 2.20. The second-order valence-corrected chi connectivity index (χ2v) is 5.76. The predicted octanol–water partition coefficient (Wildman–Crippen LogP) is 0.327. The molecule has 0 aliphatic heterocycles. The van der Waals surface area contributed by atoms with E-state index in [1.807, 2.05) is 0 Å². The number of aromatic nitrogens is 2. The Bertz CT molecular complexity index is 719. The topological polar surface area (TPSA) is 111 Å². The highest BCUT2D eigenvalue weighted by Gasteiger charge is 2.22. The van der Waals surface area contributed by atoms with Crippen molar-refractivity contribution < 1.29 is 21.7 Å². The van der Waals surface area contributed by atoms with Crippen molar-refractivity contribution in [2.24, 2.45) is 5.73 Å². The van der Waals surface area contributed by atoms with Crippen LogP contribution in [0.1, 0.15) is 11.5 Å². The summed E-state index contributed by atoms with van der Waals surface area (Å²) < 4.78 is 58.1. The summed E-state index contributed by atoms with van der Waals surface area (Å²) in [5, 5.41) is 3.36. The summed E-state index contributed by atoms with van der Waals surface area (Å²) in [5.74, 6) is -1.84. The molecule has 0 aliphatic carbocycles. The number of sulfonamides is 1. The Morgan fingerprint density at radius 3 is 2.71 bits per heavy atom. The fraction of sp³-hybridized carbons (Fsp3) is 0.273. The summed E-state index contributed by atoms with van der Waals surface area (Å²) >= 11 is 0. The quantitative estimate of drug-likeness (QED) is 0.794. The molecule has 1 heterocycles. The van der Waals surface area contributed by atoms with Gasteiger partial charge in [-0.2, -0.15) is 4.98 Å². The number of nitrogens with one attached hydrogen (secondary N) is 1. The molecule has 2 rings (SSSR count). The van der Waals surface area contributed by atoms with Crippen molar-refractivity contribution in [2.75, 3.05) is 6.54 Å². The van der Waals surface area contributed by atoms with Crippen molar-refractivity contribution in [3.8, 4) is 0 Å². The van der Waals surface area contributed by atoms with Gasteiger partial charge in [-0.1, -0.05) is 5.16 Å². The molecule has 0 radical (unpaired) electrons. The molecule has 0 atom stereocenters. The zero-order valence-electron chi connectivity index (χ0n) is 10.7. The molecule has 0 saturated carbocycles. The Kier molecular flexibility index (Phi) is 4.60. The lowest BCUT2D eigenvalue weighted by atomic mass is 10.2. The van der Waals surface area contributed by atoms with Crippen LogP contribution in [0.5, 0.6) is 0 Å².